The van der Waals surface area contributed by atoms with Gasteiger partial charge in [-0.3, -0.25) is 4.79 Å². The van der Waals surface area contributed by atoms with Gasteiger partial charge >= 0.3 is 0 Å². The highest BCUT2D eigenvalue weighted by Gasteiger charge is 2.17. The number of hydrogen-bond donors (Lipinski definition) is 2. The summed E-state index contributed by atoms with van der Waals surface area (Å²) in [5.41, 5.74) is 1.54. The van der Waals surface area contributed by atoms with Gasteiger partial charge in [0.05, 0.1) is 4.90 Å². The standard InChI is InChI=1S/C23H26FN5O3S/c24-18-10-12-20(13-11-18)33(31,32)25-14-5-9-22(30)26-19-7-4-6-17(16-19)23-28-27-21-8-2-1-3-15-29(21)23/h4,6-7,10-13,16,25H,1-3,5,8-9,14-15H2,(H,26,30). The Balaban J connectivity index is 1.31. The van der Waals surface area contributed by atoms with Crippen LogP contribution < -0.4 is 10.0 Å². The Kier molecular flexibility index (Phi) is 7.14. The molecule has 2 heterocycles. The average molecular weight is 472 g/mol. The minimum absolute atomic E-state index is 0.0171. The Morgan fingerprint density at radius 1 is 1.06 bits per heavy atom. The third-order valence-corrected chi connectivity index (χ3v) is 6.99. The number of aryl methyl sites for hydroxylation is 1. The predicted octanol–water partition coefficient (Wildman–Crippen LogP) is 3.51. The summed E-state index contributed by atoms with van der Waals surface area (Å²) in [6.45, 7) is 0.987. The number of carbonyl (C=O) groups is 1. The van der Waals surface area contributed by atoms with E-state index < -0.39 is 15.8 Å². The van der Waals surface area contributed by atoms with Crippen LogP contribution in [0.1, 0.15) is 37.9 Å². The minimum atomic E-state index is -3.74. The number of sulfonamides is 1. The molecule has 0 unspecified atom stereocenters. The second-order valence-electron chi connectivity index (χ2n) is 7.99. The number of nitrogens with one attached hydrogen (secondary N) is 2. The second-order valence-corrected chi connectivity index (χ2v) is 9.75. The zero-order chi connectivity index (χ0) is 23.3. The van der Waals surface area contributed by atoms with E-state index in [1.807, 2.05) is 18.2 Å². The molecular weight excluding hydrogens is 445 g/mol. The highest BCUT2D eigenvalue weighted by atomic mass is 32.2. The van der Waals surface area contributed by atoms with Crippen LogP contribution in [0, 0.1) is 5.82 Å². The molecule has 0 atom stereocenters. The van der Waals surface area contributed by atoms with Gasteiger partial charge in [-0.15, -0.1) is 10.2 Å². The van der Waals surface area contributed by atoms with Gasteiger partial charge in [-0.05, 0) is 55.7 Å². The van der Waals surface area contributed by atoms with Crippen LogP contribution in [-0.2, 0) is 27.8 Å². The van der Waals surface area contributed by atoms with E-state index in [9.17, 15) is 17.6 Å². The molecule has 0 bridgehead atoms. The van der Waals surface area contributed by atoms with Crippen molar-refractivity contribution in [3.63, 3.8) is 0 Å². The maximum atomic E-state index is 13.0. The molecule has 1 amide bonds. The number of fused-ring (bicyclic) bond motifs is 1. The molecule has 0 saturated heterocycles. The molecule has 0 aliphatic carbocycles. The van der Waals surface area contributed by atoms with E-state index in [1.54, 1.807) is 6.07 Å². The summed E-state index contributed by atoms with van der Waals surface area (Å²) in [5, 5.41) is 11.5. The summed E-state index contributed by atoms with van der Waals surface area (Å²) in [6, 6.07) is 12.1. The quantitative estimate of drug-likeness (QED) is 0.489. The Hall–Kier alpha value is -3.11. The van der Waals surface area contributed by atoms with Crippen LogP contribution in [0.3, 0.4) is 0 Å². The van der Waals surface area contributed by atoms with Crippen LogP contribution >= 0.6 is 0 Å². The van der Waals surface area contributed by atoms with Crippen LogP contribution in [0.4, 0.5) is 10.1 Å². The Morgan fingerprint density at radius 2 is 1.88 bits per heavy atom. The van der Waals surface area contributed by atoms with Crippen LogP contribution in [0.15, 0.2) is 53.4 Å². The summed E-state index contributed by atoms with van der Waals surface area (Å²) < 4.78 is 42.0. The van der Waals surface area contributed by atoms with Gasteiger partial charge < -0.3 is 9.88 Å². The minimum Gasteiger partial charge on any atom is -0.326 e. The van der Waals surface area contributed by atoms with E-state index in [1.165, 1.54) is 18.6 Å². The molecule has 33 heavy (non-hydrogen) atoms. The first-order valence-electron chi connectivity index (χ1n) is 11.0. The maximum absolute atomic E-state index is 13.0. The zero-order valence-electron chi connectivity index (χ0n) is 18.1. The largest absolute Gasteiger partial charge is 0.326 e. The van der Waals surface area contributed by atoms with Gasteiger partial charge in [0.25, 0.3) is 0 Å². The van der Waals surface area contributed by atoms with Crippen molar-refractivity contribution in [1.29, 1.82) is 0 Å². The van der Waals surface area contributed by atoms with Crippen LogP contribution in [0.5, 0.6) is 0 Å². The summed E-state index contributed by atoms with van der Waals surface area (Å²) in [6.07, 6.45) is 4.79. The second kappa shape index (κ2) is 10.2. The average Bonchev–Trinajstić information content (AvgIpc) is 3.05. The first-order chi connectivity index (χ1) is 15.9. The van der Waals surface area contributed by atoms with Crippen LogP contribution in [0.25, 0.3) is 11.4 Å². The Labute approximate surface area is 192 Å². The third-order valence-electron chi connectivity index (χ3n) is 5.51. The number of nitrogens with zero attached hydrogens (tertiary/aromatic N) is 3. The smallest absolute Gasteiger partial charge is 0.240 e. The fourth-order valence-corrected chi connectivity index (χ4v) is 4.88. The highest BCUT2D eigenvalue weighted by molar-refractivity contribution is 7.89. The molecule has 10 heteroatoms. The lowest BCUT2D eigenvalue weighted by molar-refractivity contribution is -0.116. The number of hydrogen-bond acceptors (Lipinski definition) is 5. The van der Waals surface area contributed by atoms with Crippen molar-refractivity contribution in [3.8, 4) is 11.4 Å². The lowest BCUT2D eigenvalue weighted by atomic mass is 10.1. The van der Waals surface area contributed by atoms with Crippen molar-refractivity contribution >= 4 is 21.6 Å². The highest BCUT2D eigenvalue weighted by Crippen LogP contribution is 2.25. The van der Waals surface area contributed by atoms with Crippen molar-refractivity contribution in [2.24, 2.45) is 0 Å². The monoisotopic (exact) mass is 471 g/mol. The lowest BCUT2D eigenvalue weighted by Gasteiger charge is -2.10. The molecule has 0 saturated carbocycles. The first-order valence-corrected chi connectivity index (χ1v) is 12.5. The van der Waals surface area contributed by atoms with Crippen molar-refractivity contribution < 1.29 is 17.6 Å². The van der Waals surface area contributed by atoms with Gasteiger partial charge in [0.1, 0.15) is 11.6 Å². The molecule has 1 aliphatic rings. The number of halogens is 1. The zero-order valence-corrected chi connectivity index (χ0v) is 18.9. The molecule has 0 radical (unpaired) electrons. The number of rotatable bonds is 8. The molecule has 174 valence electrons. The Morgan fingerprint density at radius 3 is 2.70 bits per heavy atom. The van der Waals surface area contributed by atoms with Crippen molar-refractivity contribution in [1.82, 2.24) is 19.5 Å². The summed E-state index contributed by atoms with van der Waals surface area (Å²) in [4.78, 5) is 12.3. The van der Waals surface area contributed by atoms with Crippen molar-refractivity contribution in [2.45, 2.75) is 50.0 Å². The van der Waals surface area contributed by atoms with E-state index in [0.29, 0.717) is 12.1 Å². The number of anilines is 1. The normalized spacial score (nSPS) is 13.8. The van der Waals surface area contributed by atoms with Crippen molar-refractivity contribution in [2.75, 3.05) is 11.9 Å². The van der Waals surface area contributed by atoms with E-state index in [2.05, 4.69) is 24.8 Å². The fourth-order valence-electron chi connectivity index (χ4n) is 3.81. The molecule has 2 N–H and O–H groups in total. The summed E-state index contributed by atoms with van der Waals surface area (Å²) in [5.74, 6) is 1.08. The number of amides is 1. The third kappa shape index (κ3) is 5.82. The van der Waals surface area contributed by atoms with Gasteiger partial charge in [0.15, 0.2) is 5.82 Å². The Bertz CT molecular complexity index is 1230. The molecule has 2 aromatic carbocycles. The predicted molar refractivity (Wildman–Crippen MR) is 122 cm³/mol. The molecule has 0 fully saturated rings. The van der Waals surface area contributed by atoms with Gasteiger partial charge in [0.2, 0.25) is 15.9 Å². The number of aromatic nitrogens is 3. The molecule has 0 spiro atoms. The van der Waals surface area contributed by atoms with Crippen molar-refractivity contribution in [3.05, 3.63) is 60.2 Å². The molecule has 1 aromatic heterocycles. The van der Waals surface area contributed by atoms with E-state index in [4.69, 9.17) is 0 Å². The van der Waals surface area contributed by atoms with Gasteiger partial charge in [0, 0.05) is 37.2 Å². The SMILES string of the molecule is O=C(CCCNS(=O)(=O)c1ccc(F)cc1)Nc1cccc(-c2nnc3n2CCCCC3)c1. The number of benzene rings is 2. The molecular formula is C23H26FN5O3S. The fraction of sp³-hybridized carbons (Fsp3) is 0.348. The lowest BCUT2D eigenvalue weighted by Crippen LogP contribution is -2.25. The summed E-state index contributed by atoms with van der Waals surface area (Å²) >= 11 is 0. The molecule has 3 aromatic rings. The maximum Gasteiger partial charge on any atom is 0.240 e. The number of carbonyl (C=O) groups excluding carboxylic acids is 1. The first kappa shape index (κ1) is 23.1. The summed E-state index contributed by atoms with van der Waals surface area (Å²) in [7, 11) is -3.74. The molecule has 1 aliphatic heterocycles. The molecule has 8 nitrogen and oxygen atoms in total. The topological polar surface area (TPSA) is 106 Å². The van der Waals surface area contributed by atoms with E-state index in [-0.39, 0.29) is 23.8 Å². The van der Waals surface area contributed by atoms with Crippen LogP contribution in [0.2, 0.25) is 0 Å². The van der Waals surface area contributed by atoms with Gasteiger partial charge in [-0.25, -0.2) is 17.5 Å². The van der Waals surface area contributed by atoms with Gasteiger partial charge in [-0.1, -0.05) is 18.6 Å². The van der Waals surface area contributed by atoms with Crippen LogP contribution in [-0.4, -0.2) is 35.6 Å². The molecule has 4 rings (SSSR count). The van der Waals surface area contributed by atoms with E-state index in [0.717, 1.165) is 55.2 Å². The van der Waals surface area contributed by atoms with Gasteiger partial charge in [-0.2, -0.15) is 0 Å². The van der Waals surface area contributed by atoms with E-state index >= 15 is 0 Å².